The topological polar surface area (TPSA) is 24.9 Å². The van der Waals surface area contributed by atoms with Gasteiger partial charge in [-0.2, -0.15) is 0 Å². The summed E-state index contributed by atoms with van der Waals surface area (Å²) in [5.74, 6) is -1.03. The fraction of sp³-hybridized carbons (Fsp3) is 0.0833. The molecule has 2 rings (SSSR count). The van der Waals surface area contributed by atoms with Crippen LogP contribution in [0, 0.1) is 11.6 Å². The predicted octanol–water partition coefficient (Wildman–Crippen LogP) is 4.50. The van der Waals surface area contributed by atoms with E-state index in [9.17, 15) is 8.78 Å². The van der Waals surface area contributed by atoms with Crippen molar-refractivity contribution in [3.05, 3.63) is 56.7 Å². The summed E-state index contributed by atoms with van der Waals surface area (Å²) in [6.45, 7) is 0.317. The molecule has 2 aromatic rings. The molecule has 2 nitrogen and oxygen atoms in total. The molecule has 18 heavy (non-hydrogen) atoms. The van der Waals surface area contributed by atoms with E-state index in [1.54, 1.807) is 12.1 Å². The monoisotopic (exact) mass is 376 g/mol. The second kappa shape index (κ2) is 5.75. The molecule has 0 aliphatic carbocycles. The summed E-state index contributed by atoms with van der Waals surface area (Å²) in [6, 6.07) is 7.62. The van der Waals surface area contributed by atoms with Crippen LogP contribution in [-0.2, 0) is 6.54 Å². The van der Waals surface area contributed by atoms with Gasteiger partial charge in [-0.15, -0.1) is 0 Å². The molecule has 1 aromatic heterocycles. The molecule has 0 aliphatic rings. The SMILES string of the molecule is Fc1cc(NCc2cccc(Br)n2)c(F)cc1Br. The summed E-state index contributed by atoms with van der Waals surface area (Å²) in [4.78, 5) is 4.19. The first kappa shape index (κ1) is 13.4. The molecule has 0 amide bonds. The summed E-state index contributed by atoms with van der Waals surface area (Å²) >= 11 is 6.17. The van der Waals surface area contributed by atoms with Gasteiger partial charge in [-0.3, -0.25) is 0 Å². The van der Waals surface area contributed by atoms with Crippen LogP contribution in [0.5, 0.6) is 0 Å². The molecule has 0 bridgehead atoms. The second-order valence-electron chi connectivity index (χ2n) is 3.55. The molecular weight excluding hydrogens is 370 g/mol. The number of pyridine rings is 1. The van der Waals surface area contributed by atoms with Gasteiger partial charge in [0.15, 0.2) is 0 Å². The number of nitrogens with zero attached hydrogens (tertiary/aromatic N) is 1. The van der Waals surface area contributed by atoms with Gasteiger partial charge >= 0.3 is 0 Å². The highest BCUT2D eigenvalue weighted by Gasteiger charge is 2.08. The van der Waals surface area contributed by atoms with Crippen molar-refractivity contribution in [2.24, 2.45) is 0 Å². The maximum atomic E-state index is 13.5. The van der Waals surface area contributed by atoms with E-state index < -0.39 is 11.6 Å². The molecular formula is C12H8Br2F2N2. The second-order valence-corrected chi connectivity index (χ2v) is 5.22. The maximum absolute atomic E-state index is 13.5. The highest BCUT2D eigenvalue weighted by Crippen LogP contribution is 2.23. The lowest BCUT2D eigenvalue weighted by Gasteiger charge is -2.08. The first-order valence-electron chi connectivity index (χ1n) is 5.06. The van der Waals surface area contributed by atoms with E-state index >= 15 is 0 Å². The average molecular weight is 378 g/mol. The van der Waals surface area contributed by atoms with Crippen LogP contribution in [0.3, 0.4) is 0 Å². The number of benzene rings is 1. The van der Waals surface area contributed by atoms with E-state index in [-0.39, 0.29) is 10.2 Å². The summed E-state index contributed by atoms with van der Waals surface area (Å²) in [5.41, 5.74) is 0.838. The van der Waals surface area contributed by atoms with E-state index in [2.05, 4.69) is 42.2 Å². The molecule has 0 aliphatic heterocycles. The molecule has 0 saturated carbocycles. The third kappa shape index (κ3) is 3.26. The van der Waals surface area contributed by atoms with Crippen LogP contribution in [0.1, 0.15) is 5.69 Å². The number of halogens is 4. The largest absolute Gasteiger partial charge is 0.377 e. The molecule has 0 spiro atoms. The normalized spacial score (nSPS) is 10.4. The number of hydrogen-bond donors (Lipinski definition) is 1. The Morgan fingerprint density at radius 1 is 1.11 bits per heavy atom. The van der Waals surface area contributed by atoms with Gasteiger partial charge in [0.25, 0.3) is 0 Å². The van der Waals surface area contributed by atoms with Gasteiger partial charge in [-0.1, -0.05) is 6.07 Å². The van der Waals surface area contributed by atoms with Gasteiger partial charge in [0.05, 0.1) is 22.4 Å². The Bertz CT molecular complexity index is 576. The van der Waals surface area contributed by atoms with E-state index in [1.165, 1.54) is 0 Å². The zero-order chi connectivity index (χ0) is 13.1. The van der Waals surface area contributed by atoms with Crippen molar-refractivity contribution in [2.75, 3.05) is 5.32 Å². The molecule has 1 heterocycles. The minimum absolute atomic E-state index is 0.103. The van der Waals surface area contributed by atoms with Crippen molar-refractivity contribution in [3.63, 3.8) is 0 Å². The first-order chi connectivity index (χ1) is 8.56. The van der Waals surface area contributed by atoms with Crippen molar-refractivity contribution in [1.82, 2.24) is 4.98 Å². The van der Waals surface area contributed by atoms with Gasteiger partial charge in [0.1, 0.15) is 16.2 Å². The zero-order valence-electron chi connectivity index (χ0n) is 9.05. The molecule has 0 radical (unpaired) electrons. The summed E-state index contributed by atoms with van der Waals surface area (Å²) < 4.78 is 27.6. The standard InChI is InChI=1S/C12H8Br2F2N2/c13-8-4-10(16)11(5-9(8)15)17-6-7-2-1-3-12(14)18-7/h1-5,17H,6H2. The fourth-order valence-corrected chi connectivity index (χ4v) is 2.09. The van der Waals surface area contributed by atoms with Crippen LogP contribution in [0.4, 0.5) is 14.5 Å². The first-order valence-corrected chi connectivity index (χ1v) is 6.64. The van der Waals surface area contributed by atoms with Crippen LogP contribution in [0.25, 0.3) is 0 Å². The lowest BCUT2D eigenvalue weighted by Crippen LogP contribution is -2.04. The molecule has 0 saturated heterocycles. The lowest BCUT2D eigenvalue weighted by molar-refractivity contribution is 0.596. The predicted molar refractivity (Wildman–Crippen MR) is 73.3 cm³/mol. The fourth-order valence-electron chi connectivity index (χ4n) is 1.39. The van der Waals surface area contributed by atoms with Crippen LogP contribution in [0.15, 0.2) is 39.4 Å². The molecule has 1 aromatic carbocycles. The average Bonchev–Trinajstić information content (AvgIpc) is 2.32. The van der Waals surface area contributed by atoms with Gasteiger partial charge in [0.2, 0.25) is 0 Å². The number of aromatic nitrogens is 1. The Kier molecular flexibility index (Phi) is 4.29. The molecule has 1 N–H and O–H groups in total. The van der Waals surface area contributed by atoms with Crippen molar-refractivity contribution >= 4 is 37.5 Å². The molecule has 0 atom stereocenters. The van der Waals surface area contributed by atoms with Gasteiger partial charge in [-0.05, 0) is 50.1 Å². The van der Waals surface area contributed by atoms with Crippen LogP contribution in [0.2, 0.25) is 0 Å². The zero-order valence-corrected chi connectivity index (χ0v) is 12.2. The highest BCUT2D eigenvalue weighted by atomic mass is 79.9. The number of anilines is 1. The van der Waals surface area contributed by atoms with Crippen molar-refractivity contribution in [1.29, 1.82) is 0 Å². The van der Waals surface area contributed by atoms with E-state index in [0.29, 0.717) is 11.1 Å². The third-order valence-electron chi connectivity index (χ3n) is 2.24. The van der Waals surface area contributed by atoms with E-state index in [0.717, 1.165) is 17.8 Å². The summed E-state index contributed by atoms with van der Waals surface area (Å²) in [7, 11) is 0. The lowest BCUT2D eigenvalue weighted by atomic mass is 10.3. The van der Waals surface area contributed by atoms with Crippen molar-refractivity contribution in [3.8, 4) is 0 Å². The Morgan fingerprint density at radius 3 is 2.61 bits per heavy atom. The molecule has 6 heteroatoms. The van der Waals surface area contributed by atoms with Gasteiger partial charge in [0, 0.05) is 6.07 Å². The quantitative estimate of drug-likeness (QED) is 0.629. The van der Waals surface area contributed by atoms with Crippen molar-refractivity contribution < 1.29 is 8.78 Å². The van der Waals surface area contributed by atoms with E-state index in [1.807, 2.05) is 6.07 Å². The summed E-state index contributed by atoms with van der Waals surface area (Å²) in [5, 5.41) is 2.81. The third-order valence-corrected chi connectivity index (χ3v) is 3.29. The summed E-state index contributed by atoms with van der Waals surface area (Å²) in [6.07, 6.45) is 0. The smallest absolute Gasteiger partial charge is 0.147 e. The minimum Gasteiger partial charge on any atom is -0.377 e. The molecule has 0 fully saturated rings. The number of nitrogens with one attached hydrogen (secondary N) is 1. The Hall–Kier alpha value is -1.01. The highest BCUT2D eigenvalue weighted by molar-refractivity contribution is 9.10. The maximum Gasteiger partial charge on any atom is 0.147 e. The van der Waals surface area contributed by atoms with Crippen LogP contribution < -0.4 is 5.32 Å². The Morgan fingerprint density at radius 2 is 1.89 bits per heavy atom. The van der Waals surface area contributed by atoms with E-state index in [4.69, 9.17) is 0 Å². The molecule has 94 valence electrons. The van der Waals surface area contributed by atoms with Crippen LogP contribution >= 0.6 is 31.9 Å². The van der Waals surface area contributed by atoms with Gasteiger partial charge < -0.3 is 5.32 Å². The molecule has 0 unspecified atom stereocenters. The van der Waals surface area contributed by atoms with Crippen LogP contribution in [-0.4, -0.2) is 4.98 Å². The number of rotatable bonds is 3. The minimum atomic E-state index is -0.515. The van der Waals surface area contributed by atoms with Crippen molar-refractivity contribution in [2.45, 2.75) is 6.54 Å². The van der Waals surface area contributed by atoms with Gasteiger partial charge in [-0.25, -0.2) is 13.8 Å². The number of hydrogen-bond acceptors (Lipinski definition) is 2. The Balaban J connectivity index is 2.13. The Labute approximate surface area is 120 Å².